The number of piperazine rings is 1. The van der Waals surface area contributed by atoms with Crippen LogP contribution in [0.4, 0.5) is 0 Å². The van der Waals surface area contributed by atoms with E-state index in [1.165, 1.54) is 18.5 Å². The van der Waals surface area contributed by atoms with Gasteiger partial charge in [-0.25, -0.2) is 0 Å². The van der Waals surface area contributed by atoms with E-state index in [9.17, 15) is 4.79 Å². The molecule has 2 saturated heterocycles. The van der Waals surface area contributed by atoms with Gasteiger partial charge in [0, 0.05) is 10.0 Å². The van der Waals surface area contributed by atoms with E-state index in [4.69, 9.17) is 0 Å². The number of amides is 1. The molecule has 4 nitrogen and oxygen atoms in total. The Kier molecular flexibility index (Phi) is 5.72. The van der Waals surface area contributed by atoms with Crippen LogP contribution in [0.3, 0.4) is 0 Å². The Bertz CT molecular complexity index is 543. The summed E-state index contributed by atoms with van der Waals surface area (Å²) in [5.41, 5.74) is 1.35. The lowest BCUT2D eigenvalue weighted by atomic mass is 9.95. The molecule has 1 amide bonds. The molecule has 1 aromatic rings. The van der Waals surface area contributed by atoms with E-state index in [1.807, 2.05) is 0 Å². The summed E-state index contributed by atoms with van der Waals surface area (Å²) in [5, 5.41) is 0. The van der Waals surface area contributed by atoms with E-state index in [1.54, 1.807) is 9.80 Å². The Hall–Kier alpha value is -0.910. The van der Waals surface area contributed by atoms with Gasteiger partial charge in [-0.15, -0.1) is 0 Å². The van der Waals surface area contributed by atoms with Crippen molar-refractivity contribution in [3.63, 3.8) is 0 Å². The summed E-state index contributed by atoms with van der Waals surface area (Å²) in [6.07, 6.45) is 2.23. The molecule has 0 radical (unpaired) electrons. The molecule has 0 saturated carbocycles. The molecule has 2 atom stereocenters. The van der Waals surface area contributed by atoms with Crippen molar-refractivity contribution in [3.8, 4) is 0 Å². The van der Waals surface area contributed by atoms with Crippen molar-refractivity contribution >= 4 is 21.8 Å². The van der Waals surface area contributed by atoms with Gasteiger partial charge in [-0.2, -0.15) is 0 Å². The first-order valence-corrected chi connectivity index (χ1v) is 9.59. The molecule has 2 fully saturated rings. The maximum absolute atomic E-state index is 12.8. The van der Waals surface area contributed by atoms with Crippen molar-refractivity contribution in [2.45, 2.75) is 19.4 Å². The summed E-state index contributed by atoms with van der Waals surface area (Å²) in [6.45, 7) is 7.24. The minimum atomic E-state index is 0.226. The molecule has 5 heteroatoms. The van der Waals surface area contributed by atoms with Crippen molar-refractivity contribution in [1.82, 2.24) is 4.90 Å². The zero-order valence-electron chi connectivity index (χ0n) is 14.0. The van der Waals surface area contributed by atoms with E-state index >= 15 is 0 Å². The molecule has 23 heavy (non-hydrogen) atoms. The molecule has 2 heterocycles. The molecule has 1 unspecified atom stereocenters. The number of hydrogen-bond acceptors (Lipinski definition) is 1. The summed E-state index contributed by atoms with van der Waals surface area (Å²) in [4.78, 5) is 18.0. The SMILES string of the molecule is C[NH+]1CCN(C(=O)[C@H]2CCC[NH+](Cc3cccc(Br)c3)C2)CC1. The third kappa shape index (κ3) is 4.55. The molecule has 0 spiro atoms. The van der Waals surface area contributed by atoms with Gasteiger partial charge < -0.3 is 14.7 Å². The molecule has 2 aliphatic heterocycles. The average Bonchev–Trinajstić information content (AvgIpc) is 2.55. The van der Waals surface area contributed by atoms with Crippen LogP contribution in [0.1, 0.15) is 18.4 Å². The Labute approximate surface area is 147 Å². The number of carbonyl (C=O) groups is 1. The van der Waals surface area contributed by atoms with Gasteiger partial charge in [0.25, 0.3) is 0 Å². The summed E-state index contributed by atoms with van der Waals surface area (Å²) in [6, 6.07) is 8.54. The maximum Gasteiger partial charge on any atom is 0.231 e. The minimum Gasteiger partial charge on any atom is -0.334 e. The largest absolute Gasteiger partial charge is 0.334 e. The fourth-order valence-corrected chi connectivity index (χ4v) is 4.27. The van der Waals surface area contributed by atoms with E-state index in [2.05, 4.69) is 52.1 Å². The highest BCUT2D eigenvalue weighted by Crippen LogP contribution is 2.14. The maximum atomic E-state index is 12.8. The van der Waals surface area contributed by atoms with Gasteiger partial charge in [0.1, 0.15) is 6.54 Å². The molecule has 0 aromatic heterocycles. The summed E-state index contributed by atoms with van der Waals surface area (Å²) < 4.78 is 1.14. The molecule has 1 aromatic carbocycles. The van der Waals surface area contributed by atoms with Crippen molar-refractivity contribution in [2.24, 2.45) is 5.92 Å². The van der Waals surface area contributed by atoms with Crippen LogP contribution >= 0.6 is 15.9 Å². The summed E-state index contributed by atoms with van der Waals surface area (Å²) in [7, 11) is 2.21. The molecule has 126 valence electrons. The number of likely N-dealkylation sites (tertiary alicyclic amines) is 1. The Morgan fingerprint density at radius 2 is 2.09 bits per heavy atom. The van der Waals surface area contributed by atoms with Gasteiger partial charge in [0.15, 0.2) is 0 Å². The summed E-state index contributed by atoms with van der Waals surface area (Å²) in [5.74, 6) is 0.633. The van der Waals surface area contributed by atoms with Crippen LogP contribution in [0, 0.1) is 5.92 Å². The second-order valence-electron chi connectivity index (χ2n) is 7.13. The standard InChI is InChI=1S/C18H26BrN3O/c1-20-8-10-22(11-9-20)18(23)16-5-3-7-21(14-16)13-15-4-2-6-17(19)12-15/h2,4,6,12,16H,3,5,7-11,13-14H2,1H3/p+2/t16-/m0/s1. The molecule has 2 N–H and O–H groups in total. The molecule has 0 aliphatic carbocycles. The number of rotatable bonds is 3. The lowest BCUT2D eigenvalue weighted by Crippen LogP contribution is -3.13. The molecule has 0 bridgehead atoms. The van der Waals surface area contributed by atoms with Crippen LogP contribution in [0.2, 0.25) is 0 Å². The van der Waals surface area contributed by atoms with E-state index < -0.39 is 0 Å². The van der Waals surface area contributed by atoms with E-state index in [0.717, 1.165) is 50.2 Å². The highest BCUT2D eigenvalue weighted by atomic mass is 79.9. The van der Waals surface area contributed by atoms with Crippen molar-refractivity contribution < 1.29 is 14.6 Å². The van der Waals surface area contributed by atoms with E-state index in [-0.39, 0.29) is 5.92 Å². The quantitative estimate of drug-likeness (QED) is 0.732. The van der Waals surface area contributed by atoms with Crippen molar-refractivity contribution in [1.29, 1.82) is 0 Å². The number of carbonyl (C=O) groups excluding carboxylic acids is 1. The predicted octanol–water partition coefficient (Wildman–Crippen LogP) is -0.399. The van der Waals surface area contributed by atoms with Crippen molar-refractivity contribution in [2.75, 3.05) is 46.3 Å². The number of nitrogens with one attached hydrogen (secondary N) is 2. The predicted molar refractivity (Wildman–Crippen MR) is 94.5 cm³/mol. The van der Waals surface area contributed by atoms with Gasteiger partial charge >= 0.3 is 0 Å². The number of quaternary nitrogens is 2. The minimum absolute atomic E-state index is 0.226. The normalized spacial score (nSPS) is 26.3. The first-order valence-electron chi connectivity index (χ1n) is 8.80. The highest BCUT2D eigenvalue weighted by molar-refractivity contribution is 9.10. The van der Waals surface area contributed by atoms with Gasteiger partial charge in [-0.05, 0) is 25.0 Å². The first kappa shape index (κ1) is 16.9. The fourth-order valence-electron chi connectivity index (χ4n) is 3.83. The second-order valence-corrected chi connectivity index (χ2v) is 8.05. The number of hydrogen-bond donors (Lipinski definition) is 2. The van der Waals surface area contributed by atoms with E-state index in [0.29, 0.717) is 5.91 Å². The fraction of sp³-hybridized carbons (Fsp3) is 0.611. The smallest absolute Gasteiger partial charge is 0.231 e. The zero-order valence-corrected chi connectivity index (χ0v) is 15.6. The first-order chi connectivity index (χ1) is 11.1. The second kappa shape index (κ2) is 7.77. The van der Waals surface area contributed by atoms with Crippen LogP contribution in [-0.2, 0) is 11.3 Å². The summed E-state index contributed by atoms with van der Waals surface area (Å²) >= 11 is 3.55. The lowest BCUT2D eigenvalue weighted by molar-refractivity contribution is -0.921. The average molecular weight is 382 g/mol. The number of benzene rings is 1. The van der Waals surface area contributed by atoms with Gasteiger partial charge in [0.05, 0.1) is 52.2 Å². The third-order valence-electron chi connectivity index (χ3n) is 5.24. The van der Waals surface area contributed by atoms with Gasteiger partial charge in [0.2, 0.25) is 5.91 Å². The Balaban J connectivity index is 1.56. The number of piperidine rings is 1. The van der Waals surface area contributed by atoms with Gasteiger partial charge in [-0.1, -0.05) is 28.1 Å². The van der Waals surface area contributed by atoms with Crippen LogP contribution in [0.25, 0.3) is 0 Å². The third-order valence-corrected chi connectivity index (χ3v) is 5.73. The van der Waals surface area contributed by atoms with Crippen LogP contribution in [-0.4, -0.2) is 57.1 Å². The molecular weight excluding hydrogens is 354 g/mol. The molecule has 3 rings (SSSR count). The van der Waals surface area contributed by atoms with Crippen molar-refractivity contribution in [3.05, 3.63) is 34.3 Å². The topological polar surface area (TPSA) is 29.2 Å². The Morgan fingerprint density at radius 1 is 1.30 bits per heavy atom. The number of likely N-dealkylation sites (N-methyl/N-ethyl adjacent to an activating group) is 1. The zero-order chi connectivity index (χ0) is 16.2. The molecular formula is C18H28BrN3O+2. The Morgan fingerprint density at radius 3 is 2.83 bits per heavy atom. The molecule has 2 aliphatic rings. The number of halogens is 1. The lowest BCUT2D eigenvalue weighted by Gasteiger charge is -2.35. The van der Waals surface area contributed by atoms with Crippen LogP contribution in [0.5, 0.6) is 0 Å². The number of nitrogens with zero attached hydrogens (tertiary/aromatic N) is 1. The van der Waals surface area contributed by atoms with Crippen LogP contribution in [0.15, 0.2) is 28.7 Å². The van der Waals surface area contributed by atoms with Gasteiger partial charge in [-0.3, -0.25) is 4.79 Å². The monoisotopic (exact) mass is 381 g/mol. The van der Waals surface area contributed by atoms with Crippen LogP contribution < -0.4 is 9.80 Å². The highest BCUT2D eigenvalue weighted by Gasteiger charge is 2.33.